The third-order valence-electron chi connectivity index (χ3n) is 3.63. The standard InChI is InChI=1S/C16H21ClFN3/c1-3-15-12(7-8-19)16(4-2)21(20-15)10-11-5-6-13(17)14(18)9-11/h5-6,9H,3-4,7-8,10,19H2,1-2H3. The zero-order valence-corrected chi connectivity index (χ0v) is 13.3. The minimum absolute atomic E-state index is 0.146. The minimum atomic E-state index is -0.391. The molecule has 2 rings (SSSR count). The van der Waals surface area contributed by atoms with E-state index in [9.17, 15) is 4.39 Å². The van der Waals surface area contributed by atoms with E-state index in [4.69, 9.17) is 17.3 Å². The van der Waals surface area contributed by atoms with Crippen molar-refractivity contribution in [2.45, 2.75) is 39.7 Å². The van der Waals surface area contributed by atoms with Gasteiger partial charge in [-0.3, -0.25) is 4.68 Å². The van der Waals surface area contributed by atoms with Gasteiger partial charge in [-0.15, -0.1) is 0 Å². The molecule has 2 N–H and O–H groups in total. The molecule has 0 aliphatic heterocycles. The van der Waals surface area contributed by atoms with Crippen LogP contribution in [0.3, 0.4) is 0 Å². The predicted molar refractivity (Wildman–Crippen MR) is 84.3 cm³/mol. The Balaban J connectivity index is 2.36. The van der Waals surface area contributed by atoms with Gasteiger partial charge in [-0.25, -0.2) is 4.39 Å². The molecule has 0 spiro atoms. The highest BCUT2D eigenvalue weighted by molar-refractivity contribution is 6.30. The van der Waals surface area contributed by atoms with E-state index in [2.05, 4.69) is 18.9 Å². The number of rotatable bonds is 6. The molecule has 0 fully saturated rings. The normalized spacial score (nSPS) is 11.1. The van der Waals surface area contributed by atoms with Gasteiger partial charge in [-0.2, -0.15) is 5.10 Å². The highest BCUT2D eigenvalue weighted by Gasteiger charge is 2.15. The summed E-state index contributed by atoms with van der Waals surface area (Å²) in [5.74, 6) is -0.391. The van der Waals surface area contributed by atoms with Crippen LogP contribution in [-0.2, 0) is 25.8 Å². The molecule has 0 aliphatic rings. The van der Waals surface area contributed by atoms with Crippen molar-refractivity contribution in [2.75, 3.05) is 6.54 Å². The number of hydrogen-bond donors (Lipinski definition) is 1. The molecule has 114 valence electrons. The van der Waals surface area contributed by atoms with Crippen molar-refractivity contribution in [3.8, 4) is 0 Å². The van der Waals surface area contributed by atoms with Crippen molar-refractivity contribution >= 4 is 11.6 Å². The summed E-state index contributed by atoms with van der Waals surface area (Å²) in [6, 6.07) is 4.89. The Labute approximate surface area is 129 Å². The number of nitrogens with two attached hydrogens (primary N) is 1. The van der Waals surface area contributed by atoms with E-state index < -0.39 is 5.82 Å². The van der Waals surface area contributed by atoms with Crippen LogP contribution in [-0.4, -0.2) is 16.3 Å². The number of hydrogen-bond acceptors (Lipinski definition) is 2. The van der Waals surface area contributed by atoms with Gasteiger partial charge >= 0.3 is 0 Å². The second-order valence-corrected chi connectivity index (χ2v) is 5.43. The Morgan fingerprint density at radius 2 is 2.05 bits per heavy atom. The Bertz CT molecular complexity index is 622. The van der Waals surface area contributed by atoms with Gasteiger partial charge in [0.1, 0.15) is 5.82 Å². The first-order valence-electron chi connectivity index (χ1n) is 7.32. The molecule has 1 aromatic heterocycles. The van der Waals surface area contributed by atoms with Gasteiger partial charge in [-0.05, 0) is 49.1 Å². The lowest BCUT2D eigenvalue weighted by atomic mass is 10.1. The SMILES string of the molecule is CCc1nn(Cc2ccc(Cl)c(F)c2)c(CC)c1CCN. The monoisotopic (exact) mass is 309 g/mol. The fourth-order valence-electron chi connectivity index (χ4n) is 2.64. The molecule has 0 saturated heterocycles. The summed E-state index contributed by atoms with van der Waals surface area (Å²) in [5, 5.41) is 4.82. The van der Waals surface area contributed by atoms with Gasteiger partial charge in [0.25, 0.3) is 0 Å². The molecule has 0 saturated carbocycles. The molecule has 1 heterocycles. The number of aromatic nitrogens is 2. The lowest BCUT2D eigenvalue weighted by Crippen LogP contribution is -2.09. The molecule has 0 atom stereocenters. The molecule has 2 aromatic rings. The van der Waals surface area contributed by atoms with E-state index in [-0.39, 0.29) is 5.02 Å². The van der Waals surface area contributed by atoms with Gasteiger partial charge in [0, 0.05) is 5.69 Å². The molecule has 1 aromatic carbocycles. The summed E-state index contributed by atoms with van der Waals surface area (Å²) in [6.07, 6.45) is 2.60. The van der Waals surface area contributed by atoms with Crippen LogP contribution in [0.1, 0.15) is 36.4 Å². The maximum atomic E-state index is 13.6. The summed E-state index contributed by atoms with van der Waals surface area (Å²) in [5.41, 5.74) is 10.1. The molecular weight excluding hydrogens is 289 g/mol. The number of aryl methyl sites for hydroxylation is 1. The number of benzene rings is 1. The highest BCUT2D eigenvalue weighted by atomic mass is 35.5. The first-order valence-corrected chi connectivity index (χ1v) is 7.69. The summed E-state index contributed by atoms with van der Waals surface area (Å²) >= 11 is 5.72. The summed E-state index contributed by atoms with van der Waals surface area (Å²) in [6.45, 7) is 5.36. The fourth-order valence-corrected chi connectivity index (χ4v) is 2.76. The molecule has 3 nitrogen and oxygen atoms in total. The molecule has 0 unspecified atom stereocenters. The van der Waals surface area contributed by atoms with Crippen LogP contribution in [0.4, 0.5) is 4.39 Å². The van der Waals surface area contributed by atoms with Crippen LogP contribution in [0, 0.1) is 5.82 Å². The molecule has 5 heteroatoms. The average molecular weight is 310 g/mol. The van der Waals surface area contributed by atoms with Crippen molar-refractivity contribution in [2.24, 2.45) is 5.73 Å². The van der Waals surface area contributed by atoms with Gasteiger partial charge in [0.05, 0.1) is 17.3 Å². The van der Waals surface area contributed by atoms with Crippen LogP contribution >= 0.6 is 11.6 Å². The number of halogens is 2. The lowest BCUT2D eigenvalue weighted by Gasteiger charge is -2.08. The van der Waals surface area contributed by atoms with Crippen molar-refractivity contribution in [1.29, 1.82) is 0 Å². The van der Waals surface area contributed by atoms with Crippen molar-refractivity contribution in [3.05, 3.63) is 51.6 Å². The lowest BCUT2D eigenvalue weighted by molar-refractivity contribution is 0.611. The Hall–Kier alpha value is -1.39. The second-order valence-electron chi connectivity index (χ2n) is 5.02. The second kappa shape index (κ2) is 7.05. The zero-order chi connectivity index (χ0) is 15.4. The Morgan fingerprint density at radius 3 is 2.62 bits per heavy atom. The van der Waals surface area contributed by atoms with Crippen LogP contribution in [0.2, 0.25) is 5.02 Å². The maximum absolute atomic E-state index is 13.6. The number of nitrogens with zero attached hydrogens (tertiary/aromatic N) is 2. The fraction of sp³-hybridized carbons (Fsp3) is 0.438. The first kappa shape index (κ1) is 16.0. The zero-order valence-electron chi connectivity index (χ0n) is 12.5. The van der Waals surface area contributed by atoms with E-state index in [1.54, 1.807) is 6.07 Å². The predicted octanol–water partition coefficient (Wildman–Crippen LogP) is 3.35. The van der Waals surface area contributed by atoms with Gasteiger partial charge in [-0.1, -0.05) is 31.5 Å². The van der Waals surface area contributed by atoms with Crippen LogP contribution < -0.4 is 5.73 Å². The molecule has 0 bridgehead atoms. The molecule has 0 amide bonds. The van der Waals surface area contributed by atoms with E-state index >= 15 is 0 Å². The first-order chi connectivity index (χ1) is 10.1. The molecule has 0 aliphatic carbocycles. The quantitative estimate of drug-likeness (QED) is 0.889. The Kier molecular flexibility index (Phi) is 5.37. The molecule has 0 radical (unpaired) electrons. The van der Waals surface area contributed by atoms with Crippen molar-refractivity contribution < 1.29 is 4.39 Å². The summed E-state index contributed by atoms with van der Waals surface area (Å²) in [7, 11) is 0. The third kappa shape index (κ3) is 3.44. The van der Waals surface area contributed by atoms with Crippen LogP contribution in [0.15, 0.2) is 18.2 Å². The van der Waals surface area contributed by atoms with E-state index in [1.165, 1.54) is 17.3 Å². The van der Waals surface area contributed by atoms with E-state index in [0.717, 1.165) is 30.5 Å². The van der Waals surface area contributed by atoms with Gasteiger partial charge in [0.15, 0.2) is 0 Å². The minimum Gasteiger partial charge on any atom is -0.330 e. The van der Waals surface area contributed by atoms with Crippen LogP contribution in [0.25, 0.3) is 0 Å². The van der Waals surface area contributed by atoms with E-state index in [0.29, 0.717) is 13.1 Å². The summed E-state index contributed by atoms with van der Waals surface area (Å²) < 4.78 is 15.5. The van der Waals surface area contributed by atoms with E-state index in [1.807, 2.05) is 10.7 Å². The average Bonchev–Trinajstić information content (AvgIpc) is 2.80. The van der Waals surface area contributed by atoms with Gasteiger partial charge in [0.2, 0.25) is 0 Å². The summed E-state index contributed by atoms with van der Waals surface area (Å²) in [4.78, 5) is 0. The third-order valence-corrected chi connectivity index (χ3v) is 3.94. The van der Waals surface area contributed by atoms with Crippen LogP contribution in [0.5, 0.6) is 0 Å². The van der Waals surface area contributed by atoms with Gasteiger partial charge < -0.3 is 5.73 Å². The van der Waals surface area contributed by atoms with Crippen molar-refractivity contribution in [3.63, 3.8) is 0 Å². The molecule has 21 heavy (non-hydrogen) atoms. The van der Waals surface area contributed by atoms with Crippen molar-refractivity contribution in [1.82, 2.24) is 9.78 Å². The topological polar surface area (TPSA) is 43.8 Å². The maximum Gasteiger partial charge on any atom is 0.142 e. The smallest absolute Gasteiger partial charge is 0.142 e. The largest absolute Gasteiger partial charge is 0.330 e. The Morgan fingerprint density at radius 1 is 1.29 bits per heavy atom. The molecular formula is C16H21ClFN3. The highest BCUT2D eigenvalue weighted by Crippen LogP contribution is 2.20.